The molecule has 2 rings (SSSR count). The standard InChI is InChI=1S/C20H31N3O9/c1-14-10-23(20(27)21-19(14)26)16-5-4-15(32-16)11-31-18(25)13-29-12-17(24)30-9-8-28-7-6-22(2)3/h4-5,10,15-17,24H,6-9,11-13H2,1-3H3,(H,21,26,27). The molecule has 12 nitrogen and oxygen atoms in total. The van der Waals surface area contributed by atoms with Crippen molar-refractivity contribution >= 4 is 5.97 Å². The van der Waals surface area contributed by atoms with Crippen LogP contribution < -0.4 is 11.2 Å². The number of aromatic amines is 1. The molecule has 1 aromatic rings. The number of H-pyrrole nitrogens is 1. The molecule has 0 amide bonds. The summed E-state index contributed by atoms with van der Waals surface area (Å²) in [6.07, 6.45) is 2.25. The number of aromatic nitrogens is 2. The Labute approximate surface area is 185 Å². The monoisotopic (exact) mass is 457 g/mol. The highest BCUT2D eigenvalue weighted by Gasteiger charge is 2.23. The summed E-state index contributed by atoms with van der Waals surface area (Å²) in [7, 11) is 3.89. The molecular formula is C20H31N3O9. The molecular weight excluding hydrogens is 426 g/mol. The van der Waals surface area contributed by atoms with Gasteiger partial charge in [0.05, 0.1) is 26.4 Å². The fourth-order valence-electron chi connectivity index (χ4n) is 2.62. The van der Waals surface area contributed by atoms with Gasteiger partial charge < -0.3 is 33.7 Å². The first-order valence-electron chi connectivity index (χ1n) is 10.2. The number of aryl methyl sites for hydroxylation is 1. The Morgan fingerprint density at radius 1 is 1.25 bits per heavy atom. The van der Waals surface area contributed by atoms with Gasteiger partial charge in [0, 0.05) is 18.3 Å². The molecule has 180 valence electrons. The van der Waals surface area contributed by atoms with Crippen molar-refractivity contribution in [3.8, 4) is 0 Å². The SMILES string of the molecule is Cc1cn(C2C=CC(COC(=O)COCC(O)OCCOCCN(C)C)O2)c(=O)[nH]c1=O. The van der Waals surface area contributed by atoms with Gasteiger partial charge in [-0.15, -0.1) is 0 Å². The third-order valence-corrected chi connectivity index (χ3v) is 4.33. The lowest BCUT2D eigenvalue weighted by Gasteiger charge is -2.16. The Hall–Kier alpha value is -2.35. The van der Waals surface area contributed by atoms with Crippen molar-refractivity contribution in [1.29, 1.82) is 0 Å². The first-order valence-corrected chi connectivity index (χ1v) is 10.2. The first kappa shape index (κ1) is 25.9. The molecule has 0 fully saturated rings. The lowest BCUT2D eigenvalue weighted by molar-refractivity contribution is -0.165. The van der Waals surface area contributed by atoms with Gasteiger partial charge in [0.15, 0.2) is 12.5 Å². The molecule has 0 spiro atoms. The molecule has 0 bridgehead atoms. The number of ether oxygens (including phenoxy) is 5. The number of nitrogens with zero attached hydrogens (tertiary/aromatic N) is 2. The van der Waals surface area contributed by atoms with Gasteiger partial charge in [-0.05, 0) is 27.1 Å². The number of esters is 1. The van der Waals surface area contributed by atoms with E-state index in [1.165, 1.54) is 10.8 Å². The van der Waals surface area contributed by atoms with Gasteiger partial charge >= 0.3 is 11.7 Å². The summed E-state index contributed by atoms with van der Waals surface area (Å²) in [6.45, 7) is 2.85. The van der Waals surface area contributed by atoms with E-state index in [2.05, 4.69) is 4.98 Å². The summed E-state index contributed by atoms with van der Waals surface area (Å²) in [5, 5.41) is 9.66. The van der Waals surface area contributed by atoms with E-state index in [1.807, 2.05) is 19.0 Å². The number of aliphatic hydroxyl groups excluding tert-OH is 1. The van der Waals surface area contributed by atoms with Gasteiger partial charge in [0.25, 0.3) is 5.56 Å². The topological polar surface area (TPSA) is 142 Å². The Balaban J connectivity index is 1.57. The molecule has 0 radical (unpaired) electrons. The fraction of sp³-hybridized carbons (Fsp3) is 0.650. The van der Waals surface area contributed by atoms with Crippen LogP contribution in [0.4, 0.5) is 0 Å². The molecule has 0 aromatic carbocycles. The van der Waals surface area contributed by atoms with Crippen molar-refractivity contribution in [3.63, 3.8) is 0 Å². The van der Waals surface area contributed by atoms with Gasteiger partial charge in [-0.3, -0.25) is 14.3 Å². The van der Waals surface area contributed by atoms with Gasteiger partial charge in [0.2, 0.25) is 0 Å². The minimum absolute atomic E-state index is 0.0738. The quantitative estimate of drug-likeness (QED) is 0.151. The van der Waals surface area contributed by atoms with E-state index in [0.717, 1.165) is 6.54 Å². The van der Waals surface area contributed by atoms with Crippen LogP contribution in [0.3, 0.4) is 0 Å². The number of rotatable bonds is 14. The summed E-state index contributed by atoms with van der Waals surface area (Å²) in [6, 6.07) is 0. The van der Waals surface area contributed by atoms with E-state index >= 15 is 0 Å². The molecule has 3 atom stereocenters. The predicted molar refractivity (Wildman–Crippen MR) is 112 cm³/mol. The lowest BCUT2D eigenvalue weighted by atomic mass is 10.3. The van der Waals surface area contributed by atoms with Crippen LogP contribution in [0.1, 0.15) is 11.8 Å². The smallest absolute Gasteiger partial charge is 0.332 e. The number of hydrogen-bond acceptors (Lipinski definition) is 10. The highest BCUT2D eigenvalue weighted by Crippen LogP contribution is 2.19. The zero-order valence-corrected chi connectivity index (χ0v) is 18.5. The zero-order chi connectivity index (χ0) is 23.5. The minimum atomic E-state index is -1.18. The second-order valence-corrected chi connectivity index (χ2v) is 7.37. The second kappa shape index (κ2) is 13.3. The van der Waals surface area contributed by atoms with Crippen molar-refractivity contribution in [2.75, 3.05) is 60.3 Å². The maximum absolute atomic E-state index is 11.9. The molecule has 0 aliphatic carbocycles. The summed E-state index contributed by atoms with van der Waals surface area (Å²) < 4.78 is 27.5. The van der Waals surface area contributed by atoms with Crippen LogP contribution in [0.25, 0.3) is 0 Å². The van der Waals surface area contributed by atoms with Gasteiger partial charge in [0.1, 0.15) is 19.3 Å². The molecule has 12 heteroatoms. The number of carbonyl (C=O) groups excluding carboxylic acids is 1. The average molecular weight is 457 g/mol. The Morgan fingerprint density at radius 2 is 2.03 bits per heavy atom. The van der Waals surface area contributed by atoms with E-state index in [0.29, 0.717) is 18.8 Å². The number of hydrogen-bond donors (Lipinski definition) is 2. The van der Waals surface area contributed by atoms with E-state index in [9.17, 15) is 19.5 Å². The van der Waals surface area contributed by atoms with Gasteiger partial charge in [-0.2, -0.15) is 0 Å². The number of aliphatic hydroxyl groups is 1. The normalized spacial score (nSPS) is 18.9. The van der Waals surface area contributed by atoms with E-state index < -0.39 is 35.8 Å². The van der Waals surface area contributed by atoms with Crippen molar-refractivity contribution in [1.82, 2.24) is 14.5 Å². The molecule has 3 unspecified atom stereocenters. The minimum Gasteiger partial charge on any atom is -0.461 e. The number of likely N-dealkylation sites (N-methyl/N-ethyl adjacent to an activating group) is 1. The molecule has 2 heterocycles. The molecule has 32 heavy (non-hydrogen) atoms. The van der Waals surface area contributed by atoms with Gasteiger partial charge in [-0.25, -0.2) is 9.59 Å². The van der Waals surface area contributed by atoms with Crippen molar-refractivity contribution in [3.05, 3.63) is 44.8 Å². The maximum atomic E-state index is 11.9. The summed E-state index contributed by atoms with van der Waals surface area (Å²) in [5.74, 6) is -0.637. The second-order valence-electron chi connectivity index (χ2n) is 7.37. The summed E-state index contributed by atoms with van der Waals surface area (Å²) in [5.41, 5.74) is -0.679. The first-order chi connectivity index (χ1) is 15.3. The summed E-state index contributed by atoms with van der Waals surface area (Å²) >= 11 is 0. The van der Waals surface area contributed by atoms with Crippen LogP contribution in [0, 0.1) is 6.92 Å². The third kappa shape index (κ3) is 9.02. The van der Waals surface area contributed by atoms with E-state index in [1.54, 1.807) is 19.1 Å². The Kier molecular flexibility index (Phi) is 10.7. The highest BCUT2D eigenvalue weighted by molar-refractivity contribution is 5.70. The van der Waals surface area contributed by atoms with Crippen molar-refractivity contribution < 1.29 is 33.6 Å². The zero-order valence-electron chi connectivity index (χ0n) is 18.5. The molecule has 1 aromatic heterocycles. The maximum Gasteiger partial charge on any atom is 0.332 e. The largest absolute Gasteiger partial charge is 0.461 e. The van der Waals surface area contributed by atoms with Crippen LogP contribution in [0.5, 0.6) is 0 Å². The van der Waals surface area contributed by atoms with E-state index in [-0.39, 0.29) is 26.4 Å². The fourth-order valence-corrected chi connectivity index (χ4v) is 2.62. The molecule has 0 saturated heterocycles. The van der Waals surface area contributed by atoms with Crippen LogP contribution in [-0.2, 0) is 28.5 Å². The predicted octanol–water partition coefficient (Wildman–Crippen LogP) is -1.23. The van der Waals surface area contributed by atoms with Crippen LogP contribution in [0.2, 0.25) is 0 Å². The van der Waals surface area contributed by atoms with Crippen molar-refractivity contribution in [2.45, 2.75) is 25.5 Å². The molecule has 2 N–H and O–H groups in total. The number of carbonyl (C=O) groups is 1. The Morgan fingerprint density at radius 3 is 2.78 bits per heavy atom. The molecule has 1 aliphatic heterocycles. The van der Waals surface area contributed by atoms with Gasteiger partial charge in [-0.1, -0.05) is 6.08 Å². The Bertz CT molecular complexity index is 865. The summed E-state index contributed by atoms with van der Waals surface area (Å²) in [4.78, 5) is 39.4. The lowest BCUT2D eigenvalue weighted by Crippen LogP contribution is -2.33. The molecule has 1 aliphatic rings. The number of nitrogens with one attached hydrogen (secondary N) is 1. The highest BCUT2D eigenvalue weighted by atomic mass is 16.6. The van der Waals surface area contributed by atoms with Crippen LogP contribution >= 0.6 is 0 Å². The van der Waals surface area contributed by atoms with Crippen LogP contribution in [-0.4, -0.2) is 98.2 Å². The van der Waals surface area contributed by atoms with Crippen molar-refractivity contribution in [2.24, 2.45) is 0 Å². The average Bonchev–Trinajstić information content (AvgIpc) is 3.20. The third-order valence-electron chi connectivity index (χ3n) is 4.33. The molecule has 0 saturated carbocycles. The van der Waals surface area contributed by atoms with Crippen LogP contribution in [0.15, 0.2) is 27.9 Å². The van der Waals surface area contributed by atoms with E-state index in [4.69, 9.17) is 23.7 Å².